The van der Waals surface area contributed by atoms with Gasteiger partial charge in [0.2, 0.25) is 0 Å². The van der Waals surface area contributed by atoms with Crippen LogP contribution < -0.4 is 16.0 Å². The number of hydrogen-bond donors (Lipinski definition) is 5. The molecule has 3 heterocycles. The monoisotopic (exact) mass is 484 g/mol. The van der Waals surface area contributed by atoms with E-state index in [1.54, 1.807) is 16.8 Å². The van der Waals surface area contributed by atoms with E-state index in [1.807, 2.05) is 24.3 Å². The molecule has 0 aromatic carbocycles. The predicted molar refractivity (Wildman–Crippen MR) is 128 cm³/mol. The van der Waals surface area contributed by atoms with Crippen LogP contribution in [0.2, 0.25) is 0 Å². The van der Waals surface area contributed by atoms with Gasteiger partial charge in [0.05, 0.1) is 40.3 Å². The Labute approximate surface area is 201 Å². The summed E-state index contributed by atoms with van der Waals surface area (Å²) < 4.78 is 15.9. The van der Waals surface area contributed by atoms with Gasteiger partial charge in [-0.15, -0.1) is 0 Å². The van der Waals surface area contributed by atoms with Crippen molar-refractivity contribution in [2.75, 3.05) is 18.4 Å². The standard InChI is InChI=1S/C24H29FN6O4/c1-24(2,35)21(25)13-27-22(32)17-12-26-19(20-6-5-16-4-3-7-29-31(16)20)10-18(17)30-15-8-14(9-15)11-28-23(33)34/h3-7,10,12,14-15,21,28,35H,8-9,11,13H2,1-2H3,(H,26,30)(H,27,32)(H,33,34)/t14-,15-,21-/m1/s1. The number of fused-ring (bicyclic) bond motifs is 1. The van der Waals surface area contributed by atoms with Gasteiger partial charge in [-0.1, -0.05) is 0 Å². The first-order valence-corrected chi connectivity index (χ1v) is 11.4. The second kappa shape index (κ2) is 9.87. The Morgan fingerprint density at radius 1 is 1.26 bits per heavy atom. The molecule has 0 saturated heterocycles. The summed E-state index contributed by atoms with van der Waals surface area (Å²) in [6.07, 6.45) is 1.90. The molecule has 1 aliphatic rings. The van der Waals surface area contributed by atoms with Crippen molar-refractivity contribution in [2.45, 2.75) is 44.5 Å². The van der Waals surface area contributed by atoms with Gasteiger partial charge in [-0.25, -0.2) is 13.7 Å². The first-order valence-electron chi connectivity index (χ1n) is 11.4. The molecular weight excluding hydrogens is 455 g/mol. The molecule has 186 valence electrons. The topological polar surface area (TPSA) is 141 Å². The molecule has 0 spiro atoms. The van der Waals surface area contributed by atoms with E-state index in [4.69, 9.17) is 5.11 Å². The first-order chi connectivity index (χ1) is 16.6. The van der Waals surface area contributed by atoms with Gasteiger partial charge in [0.25, 0.3) is 5.91 Å². The van der Waals surface area contributed by atoms with Gasteiger partial charge in [-0.3, -0.25) is 9.78 Å². The number of rotatable bonds is 9. The fraction of sp³-hybridized carbons (Fsp3) is 0.417. The normalized spacial score (nSPS) is 18.5. The highest BCUT2D eigenvalue weighted by Gasteiger charge is 2.31. The Balaban J connectivity index is 1.56. The van der Waals surface area contributed by atoms with Crippen molar-refractivity contribution < 1.29 is 24.2 Å². The van der Waals surface area contributed by atoms with Gasteiger partial charge in [0.1, 0.15) is 6.17 Å². The largest absolute Gasteiger partial charge is 0.465 e. The van der Waals surface area contributed by atoms with E-state index in [9.17, 15) is 19.1 Å². The lowest BCUT2D eigenvalue weighted by Gasteiger charge is -2.36. The Morgan fingerprint density at radius 3 is 2.74 bits per heavy atom. The van der Waals surface area contributed by atoms with E-state index in [0.29, 0.717) is 17.9 Å². The minimum atomic E-state index is -1.64. The summed E-state index contributed by atoms with van der Waals surface area (Å²) in [5.41, 5.74) is 1.45. The van der Waals surface area contributed by atoms with Crippen molar-refractivity contribution in [1.29, 1.82) is 0 Å². The number of carbonyl (C=O) groups is 2. The lowest BCUT2D eigenvalue weighted by Crippen LogP contribution is -2.43. The molecule has 3 aromatic rings. The number of carbonyl (C=O) groups excluding carboxylic acids is 1. The van der Waals surface area contributed by atoms with Crippen molar-refractivity contribution in [3.8, 4) is 11.4 Å². The molecule has 0 bridgehead atoms. The van der Waals surface area contributed by atoms with Crippen molar-refractivity contribution in [2.24, 2.45) is 5.92 Å². The smallest absolute Gasteiger partial charge is 0.404 e. The fourth-order valence-corrected chi connectivity index (χ4v) is 4.04. The minimum Gasteiger partial charge on any atom is -0.465 e. The maximum atomic E-state index is 14.2. The highest BCUT2D eigenvalue weighted by Crippen LogP contribution is 2.32. The summed E-state index contributed by atoms with van der Waals surface area (Å²) in [6, 6.07) is 9.38. The van der Waals surface area contributed by atoms with Crippen LogP contribution in [-0.4, -0.2) is 67.7 Å². The minimum absolute atomic E-state index is 0.0462. The van der Waals surface area contributed by atoms with Crippen molar-refractivity contribution in [3.05, 3.63) is 48.3 Å². The van der Waals surface area contributed by atoms with Crippen LogP contribution in [0.25, 0.3) is 16.9 Å². The van der Waals surface area contributed by atoms with Gasteiger partial charge in [0, 0.05) is 25.0 Å². The molecule has 0 aliphatic heterocycles. The summed E-state index contributed by atoms with van der Waals surface area (Å²) in [5.74, 6) is -0.306. The third-order valence-corrected chi connectivity index (χ3v) is 6.18. The van der Waals surface area contributed by atoms with E-state index in [0.717, 1.165) is 24.1 Å². The maximum absolute atomic E-state index is 14.2. The number of alkyl halides is 1. The molecule has 3 aromatic heterocycles. The summed E-state index contributed by atoms with van der Waals surface area (Å²) in [6.45, 7) is 2.72. The second-order valence-electron chi connectivity index (χ2n) is 9.39. The Hall–Kier alpha value is -3.73. The van der Waals surface area contributed by atoms with Crippen LogP contribution in [0.4, 0.5) is 14.9 Å². The third kappa shape index (κ3) is 5.68. The lowest BCUT2D eigenvalue weighted by atomic mass is 9.80. The first kappa shape index (κ1) is 24.4. The second-order valence-corrected chi connectivity index (χ2v) is 9.39. The van der Waals surface area contributed by atoms with Gasteiger partial charge in [-0.2, -0.15) is 5.10 Å². The molecule has 35 heavy (non-hydrogen) atoms. The average Bonchev–Trinajstić information content (AvgIpc) is 3.22. The van der Waals surface area contributed by atoms with E-state index in [-0.39, 0.29) is 24.1 Å². The summed E-state index contributed by atoms with van der Waals surface area (Å²) >= 11 is 0. The van der Waals surface area contributed by atoms with E-state index < -0.39 is 23.8 Å². The number of carboxylic acid groups (broad SMARTS) is 1. The number of amides is 2. The maximum Gasteiger partial charge on any atom is 0.404 e. The van der Waals surface area contributed by atoms with E-state index in [2.05, 4.69) is 26.0 Å². The van der Waals surface area contributed by atoms with Gasteiger partial charge in [0.15, 0.2) is 0 Å². The molecule has 1 saturated carbocycles. The zero-order chi connectivity index (χ0) is 25.2. The molecule has 0 unspecified atom stereocenters. The lowest BCUT2D eigenvalue weighted by molar-refractivity contribution is -0.00177. The fourth-order valence-electron chi connectivity index (χ4n) is 4.04. The van der Waals surface area contributed by atoms with Crippen molar-refractivity contribution >= 4 is 23.2 Å². The van der Waals surface area contributed by atoms with Crippen LogP contribution in [0.1, 0.15) is 37.0 Å². The highest BCUT2D eigenvalue weighted by molar-refractivity contribution is 6.00. The van der Waals surface area contributed by atoms with E-state index >= 15 is 0 Å². The Bertz CT molecular complexity index is 1220. The van der Waals surface area contributed by atoms with Crippen LogP contribution in [-0.2, 0) is 0 Å². The zero-order valence-corrected chi connectivity index (χ0v) is 19.5. The van der Waals surface area contributed by atoms with Gasteiger partial charge < -0.3 is 26.2 Å². The van der Waals surface area contributed by atoms with Crippen LogP contribution >= 0.6 is 0 Å². The number of halogens is 1. The number of aromatic nitrogens is 3. The Morgan fingerprint density at radius 2 is 2.03 bits per heavy atom. The molecular formula is C24H29FN6O4. The zero-order valence-electron chi connectivity index (χ0n) is 19.5. The summed E-state index contributed by atoms with van der Waals surface area (Å²) in [7, 11) is 0. The van der Waals surface area contributed by atoms with Crippen molar-refractivity contribution in [3.63, 3.8) is 0 Å². The molecule has 0 radical (unpaired) electrons. The van der Waals surface area contributed by atoms with Crippen LogP contribution in [0.5, 0.6) is 0 Å². The van der Waals surface area contributed by atoms with Crippen LogP contribution in [0.15, 0.2) is 42.7 Å². The number of aliphatic hydroxyl groups is 1. The summed E-state index contributed by atoms with van der Waals surface area (Å²) in [4.78, 5) is 28.1. The summed E-state index contributed by atoms with van der Waals surface area (Å²) in [5, 5.41) is 31.3. The highest BCUT2D eigenvalue weighted by atomic mass is 19.1. The SMILES string of the molecule is CC(C)(O)[C@H](F)CNC(=O)c1cnc(-c2ccc3cccnn23)cc1N[C@H]1C[C@H](CNC(=O)O)C1. The third-order valence-electron chi connectivity index (χ3n) is 6.18. The molecule has 4 rings (SSSR count). The number of anilines is 1. The Kier molecular flexibility index (Phi) is 6.88. The number of nitrogens with one attached hydrogen (secondary N) is 3. The van der Waals surface area contributed by atoms with Gasteiger partial charge >= 0.3 is 6.09 Å². The van der Waals surface area contributed by atoms with Crippen LogP contribution in [0, 0.1) is 5.92 Å². The molecule has 1 aliphatic carbocycles. The molecule has 10 nitrogen and oxygen atoms in total. The molecule has 1 atom stereocenters. The number of pyridine rings is 1. The quantitative estimate of drug-likeness (QED) is 0.314. The molecule has 1 fully saturated rings. The van der Waals surface area contributed by atoms with Gasteiger partial charge in [-0.05, 0) is 62.9 Å². The predicted octanol–water partition coefficient (Wildman–Crippen LogP) is 2.69. The van der Waals surface area contributed by atoms with E-state index in [1.165, 1.54) is 20.0 Å². The average molecular weight is 485 g/mol. The molecule has 5 N–H and O–H groups in total. The van der Waals surface area contributed by atoms with Crippen molar-refractivity contribution in [1.82, 2.24) is 25.2 Å². The number of nitrogens with zero attached hydrogens (tertiary/aromatic N) is 3. The van der Waals surface area contributed by atoms with Crippen LogP contribution in [0.3, 0.4) is 0 Å². The molecule has 11 heteroatoms. The molecule has 2 amide bonds. The number of hydrogen-bond acceptors (Lipinski definition) is 6.